The number of anilines is 1. The SMILES string of the molecule is Cn1ncc(N)c1C(=O)NCCCc1ncn[nH]1. The highest BCUT2D eigenvalue weighted by atomic mass is 16.2. The van der Waals surface area contributed by atoms with Gasteiger partial charge >= 0.3 is 0 Å². The fourth-order valence-electron chi connectivity index (χ4n) is 1.63. The predicted molar refractivity (Wildman–Crippen MR) is 64.7 cm³/mol. The molecular formula is C10H15N7O. The lowest BCUT2D eigenvalue weighted by atomic mass is 10.3. The first kappa shape index (κ1) is 12.1. The first-order valence-electron chi connectivity index (χ1n) is 5.58. The van der Waals surface area contributed by atoms with E-state index in [0.717, 1.165) is 18.7 Å². The van der Waals surface area contributed by atoms with E-state index in [9.17, 15) is 4.79 Å². The summed E-state index contributed by atoms with van der Waals surface area (Å²) in [7, 11) is 1.68. The number of hydrogen-bond donors (Lipinski definition) is 3. The van der Waals surface area contributed by atoms with Gasteiger partial charge in [-0.3, -0.25) is 14.6 Å². The topological polar surface area (TPSA) is 115 Å². The molecule has 8 heteroatoms. The lowest BCUT2D eigenvalue weighted by Gasteiger charge is -2.05. The van der Waals surface area contributed by atoms with Crippen molar-refractivity contribution in [2.24, 2.45) is 7.05 Å². The number of amides is 1. The van der Waals surface area contributed by atoms with Crippen LogP contribution in [0, 0.1) is 0 Å². The Morgan fingerprint density at radius 1 is 1.61 bits per heavy atom. The lowest BCUT2D eigenvalue weighted by molar-refractivity contribution is 0.0944. The van der Waals surface area contributed by atoms with Gasteiger partial charge in [0.1, 0.15) is 17.8 Å². The number of aromatic nitrogens is 5. The number of hydrogen-bond acceptors (Lipinski definition) is 5. The second-order valence-corrected chi connectivity index (χ2v) is 3.86. The molecule has 8 nitrogen and oxygen atoms in total. The number of nitrogens with one attached hydrogen (secondary N) is 2. The van der Waals surface area contributed by atoms with Crippen LogP contribution in [0.5, 0.6) is 0 Å². The Morgan fingerprint density at radius 3 is 3.06 bits per heavy atom. The number of H-pyrrole nitrogens is 1. The summed E-state index contributed by atoms with van der Waals surface area (Å²) in [5, 5.41) is 13.2. The minimum atomic E-state index is -0.218. The Labute approximate surface area is 104 Å². The Balaban J connectivity index is 1.79. The summed E-state index contributed by atoms with van der Waals surface area (Å²) < 4.78 is 1.46. The molecule has 0 aliphatic heterocycles. The molecule has 0 fully saturated rings. The molecule has 2 heterocycles. The van der Waals surface area contributed by atoms with Crippen molar-refractivity contribution in [1.82, 2.24) is 30.3 Å². The maximum Gasteiger partial charge on any atom is 0.271 e. The molecule has 96 valence electrons. The van der Waals surface area contributed by atoms with Crippen molar-refractivity contribution in [1.29, 1.82) is 0 Å². The van der Waals surface area contributed by atoms with Crippen LogP contribution in [-0.4, -0.2) is 37.4 Å². The predicted octanol–water partition coefficient (Wildman–Crippen LogP) is -0.517. The second kappa shape index (κ2) is 5.30. The highest BCUT2D eigenvalue weighted by Crippen LogP contribution is 2.08. The molecule has 4 N–H and O–H groups in total. The van der Waals surface area contributed by atoms with Crippen LogP contribution < -0.4 is 11.1 Å². The third-order valence-electron chi connectivity index (χ3n) is 2.52. The molecule has 0 bridgehead atoms. The summed E-state index contributed by atoms with van der Waals surface area (Å²) in [6.45, 7) is 0.546. The van der Waals surface area contributed by atoms with Gasteiger partial charge in [-0.1, -0.05) is 0 Å². The molecule has 1 amide bonds. The fourth-order valence-corrected chi connectivity index (χ4v) is 1.63. The zero-order chi connectivity index (χ0) is 13.0. The highest BCUT2D eigenvalue weighted by Gasteiger charge is 2.13. The van der Waals surface area contributed by atoms with Crippen LogP contribution in [0.2, 0.25) is 0 Å². The molecule has 2 rings (SSSR count). The van der Waals surface area contributed by atoms with Crippen LogP contribution in [0.25, 0.3) is 0 Å². The number of nitrogens with zero attached hydrogens (tertiary/aromatic N) is 4. The van der Waals surface area contributed by atoms with E-state index < -0.39 is 0 Å². The van der Waals surface area contributed by atoms with Gasteiger partial charge in [0.25, 0.3) is 5.91 Å². The third kappa shape index (κ3) is 2.65. The van der Waals surface area contributed by atoms with Gasteiger partial charge in [-0.15, -0.1) is 0 Å². The molecular weight excluding hydrogens is 234 g/mol. The summed E-state index contributed by atoms with van der Waals surface area (Å²) in [5.74, 6) is 0.592. The van der Waals surface area contributed by atoms with E-state index in [1.54, 1.807) is 7.05 Å². The van der Waals surface area contributed by atoms with Crippen molar-refractivity contribution < 1.29 is 4.79 Å². The lowest BCUT2D eigenvalue weighted by Crippen LogP contribution is -2.27. The van der Waals surface area contributed by atoms with E-state index in [1.807, 2.05) is 0 Å². The van der Waals surface area contributed by atoms with Crippen LogP contribution >= 0.6 is 0 Å². The van der Waals surface area contributed by atoms with Crippen molar-refractivity contribution in [3.63, 3.8) is 0 Å². The molecule has 2 aromatic rings. The van der Waals surface area contributed by atoms with Gasteiger partial charge in [0.2, 0.25) is 0 Å². The fraction of sp³-hybridized carbons (Fsp3) is 0.400. The average Bonchev–Trinajstić information content (AvgIpc) is 2.95. The number of nitrogens with two attached hydrogens (primary N) is 1. The number of rotatable bonds is 5. The van der Waals surface area contributed by atoms with Gasteiger partial charge in [0.05, 0.1) is 11.9 Å². The Bertz CT molecular complexity index is 497. The van der Waals surface area contributed by atoms with Crippen LogP contribution in [0.1, 0.15) is 22.7 Å². The molecule has 0 atom stereocenters. The summed E-state index contributed by atoms with van der Waals surface area (Å²) in [5.41, 5.74) is 6.42. The molecule has 2 aromatic heterocycles. The van der Waals surface area contributed by atoms with Crippen molar-refractivity contribution in [3.05, 3.63) is 24.0 Å². The van der Waals surface area contributed by atoms with Crippen molar-refractivity contribution in [2.45, 2.75) is 12.8 Å². The number of aryl methyl sites for hydroxylation is 2. The number of carbonyl (C=O) groups excluding carboxylic acids is 1. The van der Waals surface area contributed by atoms with Gasteiger partial charge in [0.15, 0.2) is 0 Å². The summed E-state index contributed by atoms with van der Waals surface area (Å²) in [6, 6.07) is 0. The van der Waals surface area contributed by atoms with Crippen molar-refractivity contribution in [2.75, 3.05) is 12.3 Å². The quantitative estimate of drug-likeness (QED) is 0.617. The zero-order valence-corrected chi connectivity index (χ0v) is 10.1. The Kier molecular flexibility index (Phi) is 3.56. The molecule has 0 spiro atoms. The molecule has 0 saturated heterocycles. The molecule has 0 unspecified atom stereocenters. The van der Waals surface area contributed by atoms with Gasteiger partial charge < -0.3 is 11.1 Å². The van der Waals surface area contributed by atoms with E-state index in [4.69, 9.17) is 5.73 Å². The van der Waals surface area contributed by atoms with Crippen molar-refractivity contribution >= 4 is 11.6 Å². The van der Waals surface area contributed by atoms with Crippen LogP contribution in [0.4, 0.5) is 5.69 Å². The minimum Gasteiger partial charge on any atom is -0.396 e. The van der Waals surface area contributed by atoms with Gasteiger partial charge in [-0.25, -0.2) is 4.98 Å². The molecule has 0 aromatic carbocycles. The normalized spacial score (nSPS) is 10.5. The standard InChI is InChI=1S/C10H15N7O/c1-17-9(7(11)5-15-17)10(18)12-4-2-3-8-13-6-14-16-8/h5-6H,2-4,11H2,1H3,(H,12,18)(H,13,14,16). The number of carbonyl (C=O) groups is 1. The maximum atomic E-state index is 11.8. The van der Waals surface area contributed by atoms with E-state index >= 15 is 0 Å². The smallest absolute Gasteiger partial charge is 0.271 e. The van der Waals surface area contributed by atoms with Gasteiger partial charge in [-0.2, -0.15) is 10.2 Å². The Morgan fingerprint density at radius 2 is 2.44 bits per heavy atom. The maximum absolute atomic E-state index is 11.8. The monoisotopic (exact) mass is 249 g/mol. The zero-order valence-electron chi connectivity index (χ0n) is 10.1. The summed E-state index contributed by atoms with van der Waals surface area (Å²) in [6.07, 6.45) is 4.44. The van der Waals surface area contributed by atoms with Crippen molar-refractivity contribution in [3.8, 4) is 0 Å². The van der Waals surface area contributed by atoms with Gasteiger partial charge in [0, 0.05) is 20.0 Å². The van der Waals surface area contributed by atoms with E-state index in [0.29, 0.717) is 17.9 Å². The summed E-state index contributed by atoms with van der Waals surface area (Å²) in [4.78, 5) is 15.8. The number of aromatic amines is 1. The third-order valence-corrected chi connectivity index (χ3v) is 2.52. The van der Waals surface area contributed by atoms with Crippen LogP contribution in [0.15, 0.2) is 12.5 Å². The Hall–Kier alpha value is -2.38. The molecule has 0 saturated carbocycles. The van der Waals surface area contributed by atoms with Crippen LogP contribution in [0.3, 0.4) is 0 Å². The molecule has 18 heavy (non-hydrogen) atoms. The number of nitrogen functional groups attached to an aromatic ring is 1. The average molecular weight is 249 g/mol. The van der Waals surface area contributed by atoms with Gasteiger partial charge in [-0.05, 0) is 6.42 Å². The second-order valence-electron chi connectivity index (χ2n) is 3.86. The molecule has 0 radical (unpaired) electrons. The van der Waals surface area contributed by atoms with Crippen LogP contribution in [-0.2, 0) is 13.5 Å². The largest absolute Gasteiger partial charge is 0.396 e. The molecule has 0 aliphatic rings. The van der Waals surface area contributed by atoms with E-state index in [2.05, 4.69) is 25.6 Å². The summed E-state index contributed by atoms with van der Waals surface area (Å²) >= 11 is 0. The van der Waals surface area contributed by atoms with E-state index in [1.165, 1.54) is 17.2 Å². The molecule has 0 aliphatic carbocycles. The first-order chi connectivity index (χ1) is 8.68. The first-order valence-corrected chi connectivity index (χ1v) is 5.58. The minimum absolute atomic E-state index is 0.218. The highest BCUT2D eigenvalue weighted by molar-refractivity contribution is 5.97. The van der Waals surface area contributed by atoms with E-state index in [-0.39, 0.29) is 5.91 Å².